The van der Waals surface area contributed by atoms with Crippen molar-refractivity contribution in [3.05, 3.63) is 77.6 Å². The molecule has 0 spiro atoms. The molecule has 0 aromatic heterocycles. The lowest BCUT2D eigenvalue weighted by atomic mass is 9.83. The average Bonchev–Trinajstić information content (AvgIpc) is 3.10. The standard InChI is InChI=1S/C22H23FN2O2/c1-16(21(24)26)13-22(11-2-12-25-22)14-17-5-9-20(10-6-17)27-15-18-3-7-19(23)8-4-18/h2-12,16H,13-15H2,1H3,(H2,24,26). The van der Waals surface area contributed by atoms with Crippen molar-refractivity contribution in [3.8, 4) is 5.75 Å². The highest BCUT2D eigenvalue weighted by molar-refractivity contribution is 5.78. The number of carbonyl (C=O) groups is 1. The van der Waals surface area contributed by atoms with E-state index in [9.17, 15) is 9.18 Å². The van der Waals surface area contributed by atoms with Crippen molar-refractivity contribution in [2.45, 2.75) is 31.9 Å². The fourth-order valence-corrected chi connectivity index (χ4v) is 3.19. The van der Waals surface area contributed by atoms with Gasteiger partial charge in [0.25, 0.3) is 0 Å². The topological polar surface area (TPSA) is 64.7 Å². The molecule has 2 aromatic rings. The van der Waals surface area contributed by atoms with Crippen LogP contribution in [0, 0.1) is 11.7 Å². The Morgan fingerprint density at radius 1 is 1.15 bits per heavy atom. The van der Waals surface area contributed by atoms with Crippen molar-refractivity contribution < 1.29 is 13.9 Å². The number of ether oxygens (including phenoxy) is 1. The number of carbonyl (C=O) groups excluding carboxylic acids is 1. The fraction of sp³-hybridized carbons (Fsp3) is 0.273. The van der Waals surface area contributed by atoms with E-state index in [4.69, 9.17) is 10.5 Å². The van der Waals surface area contributed by atoms with Gasteiger partial charge in [-0.2, -0.15) is 0 Å². The lowest BCUT2D eigenvalue weighted by Gasteiger charge is -2.26. The number of aliphatic imine (C=N–C) groups is 1. The fourth-order valence-electron chi connectivity index (χ4n) is 3.19. The van der Waals surface area contributed by atoms with Gasteiger partial charge in [-0.25, -0.2) is 4.39 Å². The molecule has 2 unspecified atom stereocenters. The highest BCUT2D eigenvalue weighted by Crippen LogP contribution is 2.30. The van der Waals surface area contributed by atoms with Crippen LogP contribution in [-0.4, -0.2) is 17.7 Å². The number of benzene rings is 2. The van der Waals surface area contributed by atoms with Gasteiger partial charge in [0, 0.05) is 18.6 Å². The van der Waals surface area contributed by atoms with Crippen molar-refractivity contribution in [1.82, 2.24) is 0 Å². The molecule has 0 radical (unpaired) electrons. The number of nitrogens with two attached hydrogens (primary N) is 1. The first-order valence-corrected chi connectivity index (χ1v) is 8.94. The minimum atomic E-state index is -0.426. The molecule has 5 heteroatoms. The van der Waals surface area contributed by atoms with E-state index in [2.05, 4.69) is 4.99 Å². The second-order valence-corrected chi connectivity index (χ2v) is 6.98. The minimum absolute atomic E-state index is 0.247. The number of rotatable bonds is 8. The first kappa shape index (κ1) is 18.8. The molecular formula is C22H23FN2O2. The normalized spacial score (nSPS) is 19.2. The summed E-state index contributed by atoms with van der Waals surface area (Å²) in [6, 6.07) is 14.1. The zero-order valence-corrected chi connectivity index (χ0v) is 15.3. The Morgan fingerprint density at radius 2 is 1.81 bits per heavy atom. The van der Waals surface area contributed by atoms with Crippen LogP contribution in [0.1, 0.15) is 24.5 Å². The molecule has 1 aliphatic heterocycles. The zero-order valence-electron chi connectivity index (χ0n) is 15.3. The highest BCUT2D eigenvalue weighted by atomic mass is 19.1. The van der Waals surface area contributed by atoms with Crippen LogP contribution in [-0.2, 0) is 17.8 Å². The van der Waals surface area contributed by atoms with Crippen LogP contribution in [0.3, 0.4) is 0 Å². The van der Waals surface area contributed by atoms with Gasteiger partial charge in [-0.05, 0) is 47.9 Å². The summed E-state index contributed by atoms with van der Waals surface area (Å²) in [5.41, 5.74) is 7.01. The smallest absolute Gasteiger partial charge is 0.220 e. The van der Waals surface area contributed by atoms with Gasteiger partial charge >= 0.3 is 0 Å². The molecule has 140 valence electrons. The summed E-state index contributed by atoms with van der Waals surface area (Å²) in [4.78, 5) is 16.0. The van der Waals surface area contributed by atoms with E-state index in [0.29, 0.717) is 19.4 Å². The van der Waals surface area contributed by atoms with Gasteiger partial charge in [0.15, 0.2) is 0 Å². The van der Waals surface area contributed by atoms with Crippen molar-refractivity contribution in [2.24, 2.45) is 16.6 Å². The third-order valence-electron chi connectivity index (χ3n) is 4.72. The molecule has 0 saturated heterocycles. The van der Waals surface area contributed by atoms with E-state index in [1.165, 1.54) is 12.1 Å². The van der Waals surface area contributed by atoms with Gasteiger partial charge in [0.05, 0.1) is 5.54 Å². The van der Waals surface area contributed by atoms with Crippen LogP contribution in [0.4, 0.5) is 4.39 Å². The second-order valence-electron chi connectivity index (χ2n) is 6.98. The van der Waals surface area contributed by atoms with Gasteiger partial charge in [-0.15, -0.1) is 0 Å². The van der Waals surface area contributed by atoms with Gasteiger partial charge in [0.1, 0.15) is 18.2 Å². The van der Waals surface area contributed by atoms with Crippen LogP contribution < -0.4 is 10.5 Å². The van der Waals surface area contributed by atoms with Crippen molar-refractivity contribution in [2.75, 3.05) is 0 Å². The number of amides is 1. The van der Waals surface area contributed by atoms with Crippen molar-refractivity contribution in [3.63, 3.8) is 0 Å². The van der Waals surface area contributed by atoms with E-state index in [-0.39, 0.29) is 17.6 Å². The first-order chi connectivity index (χ1) is 13.0. The van der Waals surface area contributed by atoms with Gasteiger partial charge in [-0.3, -0.25) is 9.79 Å². The van der Waals surface area contributed by atoms with Crippen molar-refractivity contribution >= 4 is 12.1 Å². The summed E-state index contributed by atoms with van der Waals surface area (Å²) >= 11 is 0. The SMILES string of the molecule is CC(CC1(Cc2ccc(OCc3ccc(F)cc3)cc2)C=CC=N1)C(N)=O. The second kappa shape index (κ2) is 8.16. The molecule has 1 heterocycles. The van der Waals surface area contributed by atoms with E-state index in [1.807, 2.05) is 43.3 Å². The van der Waals surface area contributed by atoms with Gasteiger partial charge < -0.3 is 10.5 Å². The van der Waals surface area contributed by atoms with Crippen LogP contribution in [0.25, 0.3) is 0 Å². The largest absolute Gasteiger partial charge is 0.489 e. The summed E-state index contributed by atoms with van der Waals surface area (Å²) < 4.78 is 18.7. The molecule has 0 aliphatic carbocycles. The number of primary amides is 1. The molecule has 4 nitrogen and oxygen atoms in total. The predicted octanol–water partition coefficient (Wildman–Crippen LogP) is 3.84. The van der Waals surface area contributed by atoms with Crippen molar-refractivity contribution in [1.29, 1.82) is 0 Å². The molecule has 3 rings (SSSR count). The lowest BCUT2D eigenvalue weighted by molar-refractivity contribution is -0.121. The monoisotopic (exact) mass is 366 g/mol. The summed E-state index contributed by atoms with van der Waals surface area (Å²) in [6.07, 6.45) is 6.99. The summed E-state index contributed by atoms with van der Waals surface area (Å²) in [7, 11) is 0. The Morgan fingerprint density at radius 3 is 2.41 bits per heavy atom. The summed E-state index contributed by atoms with van der Waals surface area (Å²) in [6.45, 7) is 2.21. The van der Waals surface area contributed by atoms with E-state index in [0.717, 1.165) is 16.9 Å². The molecule has 1 amide bonds. The van der Waals surface area contributed by atoms with Crippen LogP contribution in [0.15, 0.2) is 65.7 Å². The number of allylic oxidation sites excluding steroid dienone is 1. The van der Waals surface area contributed by atoms with Gasteiger partial charge in [-0.1, -0.05) is 37.3 Å². The molecule has 2 atom stereocenters. The Labute approximate surface area is 158 Å². The molecular weight excluding hydrogens is 343 g/mol. The van der Waals surface area contributed by atoms with E-state index < -0.39 is 5.54 Å². The lowest BCUT2D eigenvalue weighted by Crippen LogP contribution is -2.33. The molecule has 2 aromatic carbocycles. The Bertz CT molecular complexity index is 830. The zero-order chi connectivity index (χ0) is 19.3. The maximum Gasteiger partial charge on any atom is 0.220 e. The average molecular weight is 366 g/mol. The minimum Gasteiger partial charge on any atom is -0.489 e. The number of nitrogens with zero attached hydrogens (tertiary/aromatic N) is 1. The van der Waals surface area contributed by atoms with E-state index >= 15 is 0 Å². The van der Waals surface area contributed by atoms with Crippen LogP contribution in [0.2, 0.25) is 0 Å². The van der Waals surface area contributed by atoms with Gasteiger partial charge in [0.2, 0.25) is 5.91 Å². The number of hydrogen-bond acceptors (Lipinski definition) is 3. The summed E-state index contributed by atoms with van der Waals surface area (Å²) in [5.74, 6) is -0.0722. The third-order valence-corrected chi connectivity index (χ3v) is 4.72. The molecule has 0 bridgehead atoms. The molecule has 0 fully saturated rings. The molecule has 0 saturated carbocycles. The number of hydrogen-bond donors (Lipinski definition) is 1. The summed E-state index contributed by atoms with van der Waals surface area (Å²) in [5, 5.41) is 0. The highest BCUT2D eigenvalue weighted by Gasteiger charge is 2.31. The Hall–Kier alpha value is -2.95. The van der Waals surface area contributed by atoms with Crippen LogP contribution in [0.5, 0.6) is 5.75 Å². The first-order valence-electron chi connectivity index (χ1n) is 8.94. The maximum absolute atomic E-state index is 12.9. The quantitative estimate of drug-likeness (QED) is 0.771. The third kappa shape index (κ3) is 5.03. The molecule has 2 N–H and O–H groups in total. The molecule has 27 heavy (non-hydrogen) atoms. The number of halogens is 1. The maximum atomic E-state index is 12.9. The van der Waals surface area contributed by atoms with Crippen LogP contribution >= 0.6 is 0 Å². The Balaban J connectivity index is 1.62. The predicted molar refractivity (Wildman–Crippen MR) is 104 cm³/mol. The molecule has 1 aliphatic rings. The van der Waals surface area contributed by atoms with E-state index in [1.54, 1.807) is 18.3 Å². The Kier molecular flexibility index (Phi) is 5.69.